The molecule has 1 unspecified atom stereocenters. The van der Waals surface area contributed by atoms with Crippen LogP contribution in [0.1, 0.15) is 37.3 Å². The molecule has 0 aliphatic heterocycles. The van der Waals surface area contributed by atoms with Gasteiger partial charge in [-0.25, -0.2) is 0 Å². The maximum absolute atomic E-state index is 12.5. The lowest BCUT2D eigenvalue weighted by Gasteiger charge is -2.17. The van der Waals surface area contributed by atoms with Gasteiger partial charge in [0, 0.05) is 19.4 Å². The van der Waals surface area contributed by atoms with E-state index in [0.29, 0.717) is 6.54 Å². The van der Waals surface area contributed by atoms with E-state index in [4.69, 9.17) is 0 Å². The summed E-state index contributed by atoms with van der Waals surface area (Å²) in [5.74, 6) is -0.318. The molecule has 0 saturated carbocycles. The van der Waals surface area contributed by atoms with Gasteiger partial charge in [-0.05, 0) is 23.6 Å². The van der Waals surface area contributed by atoms with E-state index >= 15 is 0 Å². The first-order chi connectivity index (χ1) is 12.1. The number of hydrogen-bond donors (Lipinski definition) is 2. The summed E-state index contributed by atoms with van der Waals surface area (Å²) in [6, 6.07) is 19.5. The summed E-state index contributed by atoms with van der Waals surface area (Å²) in [4.78, 5) is 24.0. The highest BCUT2D eigenvalue weighted by atomic mass is 16.2. The zero-order valence-corrected chi connectivity index (χ0v) is 14.7. The number of amides is 2. The summed E-state index contributed by atoms with van der Waals surface area (Å²) in [6.07, 6.45) is 2.60. The Morgan fingerprint density at radius 2 is 1.60 bits per heavy atom. The predicted octanol–water partition coefficient (Wildman–Crippen LogP) is 3.47. The highest BCUT2D eigenvalue weighted by Crippen LogP contribution is 2.18. The van der Waals surface area contributed by atoms with E-state index in [-0.39, 0.29) is 23.4 Å². The Hall–Kier alpha value is -2.88. The lowest BCUT2D eigenvalue weighted by molar-refractivity contribution is -0.122. The second-order valence-electron chi connectivity index (χ2n) is 5.88. The molecule has 2 aromatic carbocycles. The first-order valence-corrected chi connectivity index (χ1v) is 8.47. The Balaban J connectivity index is 2.09. The predicted molar refractivity (Wildman–Crippen MR) is 101 cm³/mol. The van der Waals surface area contributed by atoms with Crippen molar-refractivity contribution >= 4 is 17.9 Å². The molecule has 2 rings (SSSR count). The number of hydrogen-bond acceptors (Lipinski definition) is 2. The van der Waals surface area contributed by atoms with Gasteiger partial charge in [0.05, 0.1) is 0 Å². The maximum Gasteiger partial charge on any atom is 0.267 e. The first-order valence-electron chi connectivity index (χ1n) is 8.47. The molecular formula is C21H24N2O2. The summed E-state index contributed by atoms with van der Waals surface area (Å²) >= 11 is 0. The standard InChI is InChI=1S/C21H24N2O2/c1-3-18(19-12-8-5-9-13-19)15-22-21(25)20(23-16(2)24)14-17-10-6-4-7-11-17/h4-14,18H,3,15H2,1-2H3,(H,22,25)(H,23,24)/b20-14-. The van der Waals surface area contributed by atoms with Crippen LogP contribution in [0.5, 0.6) is 0 Å². The van der Waals surface area contributed by atoms with Crippen molar-refractivity contribution in [1.82, 2.24) is 10.6 Å². The van der Waals surface area contributed by atoms with Gasteiger partial charge in [-0.2, -0.15) is 0 Å². The molecule has 0 aliphatic carbocycles. The number of nitrogens with one attached hydrogen (secondary N) is 2. The van der Waals surface area contributed by atoms with Gasteiger partial charge >= 0.3 is 0 Å². The van der Waals surface area contributed by atoms with Crippen LogP contribution in [0.3, 0.4) is 0 Å². The summed E-state index contributed by atoms with van der Waals surface area (Å²) in [5.41, 5.74) is 2.30. The van der Waals surface area contributed by atoms with Gasteiger partial charge in [0.2, 0.25) is 5.91 Å². The molecular weight excluding hydrogens is 312 g/mol. The Morgan fingerprint density at radius 1 is 1.00 bits per heavy atom. The molecule has 2 aromatic rings. The fourth-order valence-electron chi connectivity index (χ4n) is 2.60. The molecule has 1 atom stereocenters. The van der Waals surface area contributed by atoms with E-state index in [1.807, 2.05) is 48.5 Å². The molecule has 130 valence electrons. The van der Waals surface area contributed by atoms with E-state index in [0.717, 1.165) is 12.0 Å². The number of rotatable bonds is 7. The van der Waals surface area contributed by atoms with E-state index in [1.54, 1.807) is 6.08 Å². The van der Waals surface area contributed by atoms with Crippen molar-refractivity contribution in [2.24, 2.45) is 0 Å². The minimum absolute atomic E-state index is 0.237. The van der Waals surface area contributed by atoms with Gasteiger partial charge < -0.3 is 10.6 Å². The summed E-state index contributed by atoms with van der Waals surface area (Å²) in [5, 5.41) is 5.56. The molecule has 0 radical (unpaired) electrons. The van der Waals surface area contributed by atoms with Crippen molar-refractivity contribution < 1.29 is 9.59 Å². The van der Waals surface area contributed by atoms with Crippen LogP contribution in [0.4, 0.5) is 0 Å². The average molecular weight is 336 g/mol. The molecule has 4 heteroatoms. The number of carbonyl (C=O) groups excluding carboxylic acids is 2. The Labute approximate surface area is 149 Å². The van der Waals surface area contributed by atoms with Crippen molar-refractivity contribution in [3.05, 3.63) is 77.5 Å². The summed E-state index contributed by atoms with van der Waals surface area (Å²) in [6.45, 7) is 4.01. The Bertz CT molecular complexity index is 724. The highest BCUT2D eigenvalue weighted by Gasteiger charge is 2.14. The van der Waals surface area contributed by atoms with Gasteiger partial charge in [-0.15, -0.1) is 0 Å². The molecule has 2 N–H and O–H groups in total. The van der Waals surface area contributed by atoms with E-state index < -0.39 is 0 Å². The van der Waals surface area contributed by atoms with Crippen LogP contribution in [0, 0.1) is 0 Å². The minimum Gasteiger partial charge on any atom is -0.350 e. The molecule has 0 aliphatic rings. The lowest BCUT2D eigenvalue weighted by atomic mass is 9.96. The quantitative estimate of drug-likeness (QED) is 0.761. The van der Waals surface area contributed by atoms with Crippen molar-refractivity contribution in [1.29, 1.82) is 0 Å². The van der Waals surface area contributed by atoms with Crippen LogP contribution in [0.25, 0.3) is 6.08 Å². The smallest absolute Gasteiger partial charge is 0.267 e. The van der Waals surface area contributed by atoms with Crippen molar-refractivity contribution in [2.45, 2.75) is 26.2 Å². The third kappa shape index (κ3) is 5.92. The molecule has 0 fully saturated rings. The zero-order valence-electron chi connectivity index (χ0n) is 14.7. The summed E-state index contributed by atoms with van der Waals surface area (Å²) < 4.78 is 0. The maximum atomic E-state index is 12.5. The van der Waals surface area contributed by atoms with Crippen LogP contribution in [0.2, 0.25) is 0 Å². The SMILES string of the molecule is CCC(CNC(=O)/C(=C/c1ccccc1)NC(C)=O)c1ccccc1. The molecule has 0 saturated heterocycles. The van der Waals surface area contributed by atoms with Gasteiger partial charge in [0.15, 0.2) is 0 Å². The van der Waals surface area contributed by atoms with Crippen molar-refractivity contribution in [2.75, 3.05) is 6.54 Å². The number of carbonyl (C=O) groups is 2. The molecule has 4 nitrogen and oxygen atoms in total. The molecule has 0 spiro atoms. The Kier molecular flexibility index (Phi) is 6.96. The largest absolute Gasteiger partial charge is 0.350 e. The fraction of sp³-hybridized carbons (Fsp3) is 0.238. The topological polar surface area (TPSA) is 58.2 Å². The van der Waals surface area contributed by atoms with Crippen LogP contribution in [-0.2, 0) is 9.59 Å². The van der Waals surface area contributed by atoms with Crippen LogP contribution >= 0.6 is 0 Å². The third-order valence-electron chi connectivity index (χ3n) is 3.94. The molecule has 0 aromatic heterocycles. The highest BCUT2D eigenvalue weighted by molar-refractivity contribution is 6.00. The monoisotopic (exact) mass is 336 g/mol. The first kappa shape index (κ1) is 18.5. The second kappa shape index (κ2) is 9.42. The van der Waals surface area contributed by atoms with E-state index in [1.165, 1.54) is 12.5 Å². The van der Waals surface area contributed by atoms with Crippen molar-refractivity contribution in [3.8, 4) is 0 Å². The van der Waals surface area contributed by atoms with Gasteiger partial charge in [0.1, 0.15) is 5.70 Å². The third-order valence-corrected chi connectivity index (χ3v) is 3.94. The minimum atomic E-state index is -0.284. The fourth-order valence-corrected chi connectivity index (χ4v) is 2.60. The van der Waals surface area contributed by atoms with Crippen LogP contribution in [0.15, 0.2) is 66.4 Å². The lowest BCUT2D eigenvalue weighted by Crippen LogP contribution is -2.35. The van der Waals surface area contributed by atoms with E-state index in [9.17, 15) is 9.59 Å². The molecule has 2 amide bonds. The second-order valence-corrected chi connectivity index (χ2v) is 5.88. The molecule has 0 bridgehead atoms. The summed E-state index contributed by atoms with van der Waals surface area (Å²) in [7, 11) is 0. The number of benzene rings is 2. The Morgan fingerprint density at radius 3 is 2.16 bits per heavy atom. The molecule has 25 heavy (non-hydrogen) atoms. The zero-order chi connectivity index (χ0) is 18.1. The van der Waals surface area contributed by atoms with Crippen molar-refractivity contribution in [3.63, 3.8) is 0 Å². The van der Waals surface area contributed by atoms with Crippen LogP contribution in [-0.4, -0.2) is 18.4 Å². The van der Waals surface area contributed by atoms with Gasteiger partial charge in [-0.3, -0.25) is 9.59 Å². The van der Waals surface area contributed by atoms with E-state index in [2.05, 4.69) is 29.7 Å². The average Bonchev–Trinajstić information content (AvgIpc) is 2.63. The van der Waals surface area contributed by atoms with Crippen LogP contribution < -0.4 is 10.6 Å². The molecule has 0 heterocycles. The van der Waals surface area contributed by atoms with Gasteiger partial charge in [0.25, 0.3) is 5.91 Å². The normalized spacial score (nSPS) is 12.3. The van der Waals surface area contributed by atoms with Gasteiger partial charge in [-0.1, -0.05) is 67.6 Å².